The van der Waals surface area contributed by atoms with E-state index in [-0.39, 0.29) is 11.8 Å². The average Bonchev–Trinajstić information content (AvgIpc) is 3.44. The molecule has 2 aliphatic heterocycles. The van der Waals surface area contributed by atoms with Gasteiger partial charge in [0.05, 0.1) is 27.7 Å². The van der Waals surface area contributed by atoms with Gasteiger partial charge in [0, 0.05) is 11.6 Å². The van der Waals surface area contributed by atoms with Gasteiger partial charge in [0.1, 0.15) is 0 Å². The van der Waals surface area contributed by atoms with Crippen LogP contribution in [0.25, 0.3) is 0 Å². The first-order valence-corrected chi connectivity index (χ1v) is 12.6. The van der Waals surface area contributed by atoms with Gasteiger partial charge in [0.25, 0.3) is 0 Å². The lowest BCUT2D eigenvalue weighted by Gasteiger charge is -2.49. The van der Waals surface area contributed by atoms with Gasteiger partial charge in [-0.1, -0.05) is 70.6 Å². The monoisotopic (exact) mass is 551 g/mol. The number of thiophene rings is 1. The number of ether oxygens (including phenoxy) is 2. The molecule has 2 unspecified atom stereocenters. The topological polar surface area (TPSA) is 21.7 Å². The molecular formula is C24H23ClINO2S. The Morgan fingerprint density at radius 1 is 1.13 bits per heavy atom. The molecule has 1 fully saturated rings. The van der Waals surface area contributed by atoms with Crippen LogP contribution in [0.3, 0.4) is 0 Å². The van der Waals surface area contributed by atoms with Crippen LogP contribution in [0.4, 0.5) is 0 Å². The number of alkyl halides is 1. The lowest BCUT2D eigenvalue weighted by atomic mass is 9.77. The van der Waals surface area contributed by atoms with Crippen LogP contribution in [-0.4, -0.2) is 22.2 Å². The zero-order valence-electron chi connectivity index (χ0n) is 16.7. The second kappa shape index (κ2) is 8.52. The summed E-state index contributed by atoms with van der Waals surface area (Å²) in [7, 11) is 0. The van der Waals surface area contributed by atoms with Crippen LogP contribution in [0.5, 0.6) is 0 Å². The first kappa shape index (κ1) is 20.9. The van der Waals surface area contributed by atoms with Crippen molar-refractivity contribution in [1.82, 2.24) is 4.90 Å². The molecule has 2 aliphatic rings. The molecule has 156 valence electrons. The van der Waals surface area contributed by atoms with Crippen molar-refractivity contribution in [2.45, 2.75) is 35.8 Å². The van der Waals surface area contributed by atoms with Crippen LogP contribution >= 0.6 is 45.5 Å². The van der Waals surface area contributed by atoms with Crippen LogP contribution in [0.15, 0.2) is 60.0 Å². The maximum Gasteiger partial charge on any atom is 0.193 e. The molecule has 1 aromatic heterocycles. The largest absolute Gasteiger partial charge is 0.345 e. The summed E-state index contributed by atoms with van der Waals surface area (Å²) >= 11 is 10.8. The summed E-state index contributed by atoms with van der Waals surface area (Å²) < 4.78 is 11.9. The van der Waals surface area contributed by atoms with E-state index in [0.29, 0.717) is 17.3 Å². The summed E-state index contributed by atoms with van der Waals surface area (Å²) in [4.78, 5) is 3.73. The first-order chi connectivity index (χ1) is 14.6. The van der Waals surface area contributed by atoms with Gasteiger partial charge in [0.2, 0.25) is 0 Å². The predicted molar refractivity (Wildman–Crippen MR) is 130 cm³/mol. The Morgan fingerprint density at radius 2 is 1.90 bits per heavy atom. The van der Waals surface area contributed by atoms with Gasteiger partial charge in [-0.3, -0.25) is 4.90 Å². The molecule has 6 heteroatoms. The number of rotatable bonds is 4. The minimum atomic E-state index is -0.298. The molecule has 1 saturated heterocycles. The van der Waals surface area contributed by atoms with Crippen LogP contribution in [0.2, 0.25) is 5.02 Å². The van der Waals surface area contributed by atoms with Gasteiger partial charge in [-0.25, -0.2) is 0 Å². The third kappa shape index (κ3) is 3.74. The van der Waals surface area contributed by atoms with E-state index in [1.54, 1.807) is 11.3 Å². The Balaban J connectivity index is 1.62. The van der Waals surface area contributed by atoms with Crippen molar-refractivity contribution in [3.05, 3.63) is 92.1 Å². The summed E-state index contributed by atoms with van der Waals surface area (Å²) in [5.41, 5.74) is 4.94. The predicted octanol–water partition coefficient (Wildman–Crippen LogP) is 6.53. The summed E-state index contributed by atoms with van der Waals surface area (Å²) in [6.45, 7) is 4.52. The highest BCUT2D eigenvalue weighted by molar-refractivity contribution is 14.1. The van der Waals surface area contributed by atoms with Crippen molar-refractivity contribution in [2.24, 2.45) is 0 Å². The fourth-order valence-corrected chi connectivity index (χ4v) is 6.92. The first-order valence-electron chi connectivity index (χ1n) is 10.1. The van der Waals surface area contributed by atoms with Gasteiger partial charge in [-0.05, 0) is 59.2 Å². The Bertz CT molecular complexity index is 1040. The number of benzene rings is 2. The lowest BCUT2D eigenvalue weighted by Crippen LogP contribution is -2.52. The molecule has 0 bridgehead atoms. The molecule has 3 aromatic rings. The van der Waals surface area contributed by atoms with E-state index < -0.39 is 0 Å². The SMILES string of the molecule is CC1(c2csc(C3OCCO3)c2)c2cc(Cl)ccc2CC(I)N1Cc1ccccc1. The van der Waals surface area contributed by atoms with Crippen LogP contribution in [0.1, 0.15) is 40.3 Å². The smallest absolute Gasteiger partial charge is 0.193 e. The van der Waals surface area contributed by atoms with E-state index in [2.05, 4.69) is 88.3 Å². The quantitative estimate of drug-likeness (QED) is 0.209. The van der Waals surface area contributed by atoms with E-state index >= 15 is 0 Å². The van der Waals surface area contributed by atoms with Crippen LogP contribution in [0, 0.1) is 0 Å². The molecule has 0 N–H and O–H groups in total. The number of hydrogen-bond acceptors (Lipinski definition) is 4. The summed E-state index contributed by atoms with van der Waals surface area (Å²) in [6.07, 6.45) is 0.758. The zero-order valence-corrected chi connectivity index (χ0v) is 20.4. The van der Waals surface area contributed by atoms with Crippen molar-refractivity contribution in [3.63, 3.8) is 0 Å². The molecule has 30 heavy (non-hydrogen) atoms. The standard InChI is InChI=1S/C24H23ClINO2S/c1-24(18-12-21(30-15-18)23-28-9-10-29-23)20-13-19(25)8-7-17(20)11-22(26)27(24)14-16-5-3-2-4-6-16/h2-8,12-13,15,22-23H,9-11,14H2,1H3. The van der Waals surface area contributed by atoms with Crippen LogP contribution in [-0.2, 0) is 28.0 Å². The van der Waals surface area contributed by atoms with Crippen molar-refractivity contribution in [2.75, 3.05) is 13.2 Å². The fourth-order valence-electron chi connectivity index (χ4n) is 4.52. The normalized spacial score (nSPS) is 24.8. The second-order valence-corrected chi connectivity index (χ2v) is 10.8. The zero-order chi connectivity index (χ0) is 20.7. The molecule has 0 radical (unpaired) electrons. The summed E-state index contributed by atoms with van der Waals surface area (Å²) in [5.74, 6) is 0. The van der Waals surface area contributed by atoms with Crippen molar-refractivity contribution in [3.8, 4) is 0 Å². The molecule has 0 amide bonds. The molecule has 3 nitrogen and oxygen atoms in total. The molecule has 0 spiro atoms. The van der Waals surface area contributed by atoms with Gasteiger partial charge in [-0.2, -0.15) is 0 Å². The van der Waals surface area contributed by atoms with Gasteiger partial charge in [-0.15, -0.1) is 11.3 Å². The third-order valence-electron chi connectivity index (χ3n) is 6.13. The van der Waals surface area contributed by atoms with Gasteiger partial charge < -0.3 is 9.47 Å². The molecule has 3 heterocycles. The van der Waals surface area contributed by atoms with Crippen molar-refractivity contribution >= 4 is 45.5 Å². The molecule has 0 aliphatic carbocycles. The van der Waals surface area contributed by atoms with E-state index in [1.807, 2.05) is 6.07 Å². The summed E-state index contributed by atoms with van der Waals surface area (Å²) in [5, 5.41) is 3.04. The van der Waals surface area contributed by atoms with E-state index in [1.165, 1.54) is 22.3 Å². The third-order valence-corrected chi connectivity index (χ3v) is 8.43. The van der Waals surface area contributed by atoms with Crippen molar-refractivity contribution < 1.29 is 9.47 Å². The molecule has 5 rings (SSSR count). The molecule has 2 aromatic carbocycles. The molecule has 0 saturated carbocycles. The van der Waals surface area contributed by atoms with E-state index in [4.69, 9.17) is 21.1 Å². The summed E-state index contributed by atoms with van der Waals surface area (Å²) in [6, 6.07) is 19.3. The van der Waals surface area contributed by atoms with Crippen LogP contribution < -0.4 is 0 Å². The number of hydrogen-bond donors (Lipinski definition) is 0. The maximum absolute atomic E-state index is 6.49. The average molecular weight is 552 g/mol. The van der Waals surface area contributed by atoms with Gasteiger partial charge >= 0.3 is 0 Å². The maximum atomic E-state index is 6.49. The number of fused-ring (bicyclic) bond motifs is 1. The highest BCUT2D eigenvalue weighted by Gasteiger charge is 2.44. The second-order valence-electron chi connectivity index (χ2n) is 7.94. The lowest BCUT2D eigenvalue weighted by molar-refractivity contribution is -0.0414. The number of halogens is 2. The highest BCUT2D eigenvalue weighted by atomic mass is 127. The minimum Gasteiger partial charge on any atom is -0.345 e. The number of nitrogens with zero attached hydrogens (tertiary/aromatic N) is 1. The van der Waals surface area contributed by atoms with E-state index in [0.717, 1.165) is 22.9 Å². The molecule has 2 atom stereocenters. The minimum absolute atomic E-state index is 0.243. The Kier molecular flexibility index (Phi) is 5.94. The molecular weight excluding hydrogens is 529 g/mol. The Hall–Kier alpha value is -0.960. The van der Waals surface area contributed by atoms with E-state index in [9.17, 15) is 0 Å². The van der Waals surface area contributed by atoms with Gasteiger partial charge in [0.15, 0.2) is 6.29 Å². The Labute approximate surface area is 200 Å². The van der Waals surface area contributed by atoms with Crippen molar-refractivity contribution in [1.29, 1.82) is 0 Å². The Morgan fingerprint density at radius 3 is 2.67 bits per heavy atom. The fraction of sp³-hybridized carbons (Fsp3) is 0.333. The highest BCUT2D eigenvalue weighted by Crippen LogP contribution is 2.48.